The summed E-state index contributed by atoms with van der Waals surface area (Å²) in [6, 6.07) is 13.1. The van der Waals surface area contributed by atoms with Crippen molar-refractivity contribution in [3.05, 3.63) is 54.1 Å². The Balaban J connectivity index is 1.80. The highest BCUT2D eigenvalue weighted by atomic mass is 32.2. The second-order valence-corrected chi connectivity index (χ2v) is 7.91. The van der Waals surface area contributed by atoms with Crippen LogP contribution in [0.5, 0.6) is 11.5 Å². The second kappa shape index (κ2) is 7.98. The first kappa shape index (κ1) is 19.2. The number of hydrogen-bond donors (Lipinski definition) is 0. The first-order valence-electron chi connectivity index (χ1n) is 8.52. The van der Waals surface area contributed by atoms with Crippen molar-refractivity contribution in [2.45, 2.75) is 17.9 Å². The molecule has 1 aliphatic rings. The van der Waals surface area contributed by atoms with Crippen molar-refractivity contribution in [2.75, 3.05) is 26.8 Å². The first-order chi connectivity index (χ1) is 13.0. The summed E-state index contributed by atoms with van der Waals surface area (Å²) < 4.78 is 43.5. The number of methoxy groups -OCH3 is 1. The number of fused-ring (bicyclic) bond motifs is 1. The Labute approximate surface area is 158 Å². The predicted molar refractivity (Wildman–Crippen MR) is 98.6 cm³/mol. The van der Waals surface area contributed by atoms with E-state index in [0.29, 0.717) is 11.5 Å². The number of likely N-dealkylation sites (N-methyl/N-ethyl adjacent to an activating group) is 1. The number of benzene rings is 2. The van der Waals surface area contributed by atoms with Gasteiger partial charge in [-0.2, -0.15) is 4.31 Å². The molecule has 8 heteroatoms. The van der Waals surface area contributed by atoms with Crippen molar-refractivity contribution < 1.29 is 27.4 Å². The number of ether oxygens (including phenoxy) is 3. The van der Waals surface area contributed by atoms with Crippen LogP contribution in [0.25, 0.3) is 0 Å². The minimum atomic E-state index is -3.80. The van der Waals surface area contributed by atoms with Gasteiger partial charge in [0, 0.05) is 6.54 Å². The zero-order valence-corrected chi connectivity index (χ0v) is 15.9. The smallest absolute Gasteiger partial charge is 0.337 e. The summed E-state index contributed by atoms with van der Waals surface area (Å²) in [6.45, 7) is 2.40. The lowest BCUT2D eigenvalue weighted by molar-refractivity contribution is 0.0600. The largest absolute Gasteiger partial charge is 0.486 e. The van der Waals surface area contributed by atoms with E-state index >= 15 is 0 Å². The zero-order valence-electron chi connectivity index (χ0n) is 15.1. The summed E-state index contributed by atoms with van der Waals surface area (Å²) in [4.78, 5) is 11.7. The molecular weight excluding hydrogens is 370 g/mol. The molecule has 1 atom stereocenters. The van der Waals surface area contributed by atoms with Crippen LogP contribution in [0, 0.1) is 0 Å². The fourth-order valence-corrected chi connectivity index (χ4v) is 4.35. The molecule has 0 N–H and O–H groups in total. The van der Waals surface area contributed by atoms with Crippen LogP contribution in [-0.2, 0) is 14.8 Å². The van der Waals surface area contributed by atoms with Gasteiger partial charge in [0.05, 0.1) is 24.1 Å². The predicted octanol–water partition coefficient (Wildman–Crippen LogP) is 2.32. The van der Waals surface area contributed by atoms with E-state index in [-0.39, 0.29) is 30.2 Å². The van der Waals surface area contributed by atoms with Gasteiger partial charge in [-0.1, -0.05) is 25.1 Å². The van der Waals surface area contributed by atoms with Crippen molar-refractivity contribution in [3.63, 3.8) is 0 Å². The van der Waals surface area contributed by atoms with Crippen LogP contribution in [0.4, 0.5) is 0 Å². The lowest BCUT2D eigenvalue weighted by atomic mass is 10.2. The van der Waals surface area contributed by atoms with Gasteiger partial charge in [-0.3, -0.25) is 0 Å². The molecule has 0 saturated carbocycles. The number of hydrogen-bond acceptors (Lipinski definition) is 6. The van der Waals surface area contributed by atoms with E-state index in [1.165, 1.54) is 35.7 Å². The van der Waals surface area contributed by atoms with E-state index in [1.54, 1.807) is 19.1 Å². The highest BCUT2D eigenvalue weighted by Gasteiger charge is 2.30. The Morgan fingerprint density at radius 3 is 2.63 bits per heavy atom. The zero-order chi connectivity index (χ0) is 19.4. The van der Waals surface area contributed by atoms with E-state index < -0.39 is 22.1 Å². The average Bonchev–Trinajstić information content (AvgIpc) is 2.71. The van der Waals surface area contributed by atoms with Gasteiger partial charge in [-0.15, -0.1) is 0 Å². The van der Waals surface area contributed by atoms with Gasteiger partial charge in [-0.25, -0.2) is 13.2 Å². The standard InChI is InChI=1S/C19H21NO6S/c1-3-20(12-15-13-25-17-9-4-5-10-18(17)26-15)27(22,23)16-8-6-7-14(11-16)19(21)24-2/h4-11,15H,3,12-13H2,1-2H3/t15-/m0/s1. The molecule has 0 amide bonds. The van der Waals surface area contributed by atoms with E-state index in [4.69, 9.17) is 9.47 Å². The molecule has 0 bridgehead atoms. The molecule has 27 heavy (non-hydrogen) atoms. The Bertz CT molecular complexity index is 927. The molecule has 2 aromatic carbocycles. The van der Waals surface area contributed by atoms with Crippen LogP contribution < -0.4 is 9.47 Å². The van der Waals surface area contributed by atoms with Crippen LogP contribution >= 0.6 is 0 Å². The first-order valence-corrected chi connectivity index (χ1v) is 9.96. The topological polar surface area (TPSA) is 82.1 Å². The molecule has 0 spiro atoms. The summed E-state index contributed by atoms with van der Waals surface area (Å²) in [6.07, 6.45) is -0.432. The van der Waals surface area contributed by atoms with E-state index in [9.17, 15) is 13.2 Å². The van der Waals surface area contributed by atoms with Crippen LogP contribution in [0.2, 0.25) is 0 Å². The number of nitrogens with zero attached hydrogens (tertiary/aromatic N) is 1. The fourth-order valence-electron chi connectivity index (χ4n) is 2.83. The molecule has 0 unspecified atom stereocenters. The molecule has 144 valence electrons. The van der Waals surface area contributed by atoms with Gasteiger partial charge in [0.1, 0.15) is 12.7 Å². The van der Waals surface area contributed by atoms with Gasteiger partial charge in [-0.05, 0) is 30.3 Å². The Morgan fingerprint density at radius 1 is 1.19 bits per heavy atom. The number of esters is 1. The third-order valence-electron chi connectivity index (χ3n) is 4.22. The molecule has 1 aliphatic heterocycles. The van der Waals surface area contributed by atoms with Crippen LogP contribution in [0.1, 0.15) is 17.3 Å². The van der Waals surface area contributed by atoms with Crippen LogP contribution in [0.3, 0.4) is 0 Å². The minimum Gasteiger partial charge on any atom is -0.486 e. The molecule has 3 rings (SSSR count). The average molecular weight is 391 g/mol. The lowest BCUT2D eigenvalue weighted by Gasteiger charge is -2.30. The molecule has 0 aromatic heterocycles. The summed E-state index contributed by atoms with van der Waals surface area (Å²) in [7, 11) is -2.55. The number of rotatable bonds is 6. The molecule has 0 saturated heterocycles. The van der Waals surface area contributed by atoms with Crippen LogP contribution in [-0.4, -0.2) is 51.6 Å². The summed E-state index contributed by atoms with van der Waals surface area (Å²) >= 11 is 0. The molecule has 0 radical (unpaired) electrons. The normalized spacial score (nSPS) is 16.2. The quantitative estimate of drug-likeness (QED) is 0.703. The van der Waals surface area contributed by atoms with Crippen molar-refractivity contribution in [1.82, 2.24) is 4.31 Å². The van der Waals surface area contributed by atoms with Crippen LogP contribution in [0.15, 0.2) is 53.4 Å². The Hall–Kier alpha value is -2.58. The van der Waals surface area contributed by atoms with Gasteiger partial charge < -0.3 is 14.2 Å². The van der Waals surface area contributed by atoms with Gasteiger partial charge in [0.25, 0.3) is 0 Å². The minimum absolute atomic E-state index is 0.0318. The molecular formula is C19H21NO6S. The second-order valence-electron chi connectivity index (χ2n) is 5.97. The van der Waals surface area contributed by atoms with Gasteiger partial charge in [0.15, 0.2) is 11.5 Å². The maximum absolute atomic E-state index is 13.0. The summed E-state index contributed by atoms with van der Waals surface area (Å²) in [5, 5.41) is 0. The van der Waals surface area contributed by atoms with Gasteiger partial charge in [0.2, 0.25) is 10.0 Å². The van der Waals surface area contributed by atoms with Gasteiger partial charge >= 0.3 is 5.97 Å². The third-order valence-corrected chi connectivity index (χ3v) is 6.16. The maximum atomic E-state index is 13.0. The SMILES string of the molecule is CCN(C[C@H]1COc2ccccc2O1)S(=O)(=O)c1cccc(C(=O)OC)c1. The van der Waals surface area contributed by atoms with Crippen molar-refractivity contribution in [3.8, 4) is 11.5 Å². The third kappa shape index (κ3) is 4.06. The number of para-hydroxylation sites is 2. The van der Waals surface area contributed by atoms with E-state index in [1.807, 2.05) is 12.1 Å². The van der Waals surface area contributed by atoms with Crippen molar-refractivity contribution in [2.24, 2.45) is 0 Å². The molecule has 2 aromatic rings. The maximum Gasteiger partial charge on any atom is 0.337 e. The molecule has 0 fully saturated rings. The van der Waals surface area contributed by atoms with Crippen molar-refractivity contribution >= 4 is 16.0 Å². The highest BCUT2D eigenvalue weighted by molar-refractivity contribution is 7.89. The Morgan fingerprint density at radius 2 is 1.93 bits per heavy atom. The number of carbonyl (C=O) groups is 1. The van der Waals surface area contributed by atoms with E-state index in [0.717, 1.165) is 0 Å². The summed E-state index contributed by atoms with van der Waals surface area (Å²) in [5.74, 6) is 0.649. The molecule has 1 heterocycles. The summed E-state index contributed by atoms with van der Waals surface area (Å²) in [5.41, 5.74) is 0.181. The number of sulfonamides is 1. The fraction of sp³-hybridized carbons (Fsp3) is 0.316. The highest BCUT2D eigenvalue weighted by Crippen LogP contribution is 2.31. The van der Waals surface area contributed by atoms with E-state index in [2.05, 4.69) is 4.74 Å². The molecule has 7 nitrogen and oxygen atoms in total. The molecule has 0 aliphatic carbocycles. The lowest BCUT2D eigenvalue weighted by Crippen LogP contribution is -2.43. The number of carbonyl (C=O) groups excluding carboxylic acids is 1. The van der Waals surface area contributed by atoms with Crippen molar-refractivity contribution in [1.29, 1.82) is 0 Å². The monoisotopic (exact) mass is 391 g/mol. The Kier molecular flexibility index (Phi) is 5.67.